The van der Waals surface area contributed by atoms with Crippen LogP contribution in [0, 0.1) is 5.41 Å². The van der Waals surface area contributed by atoms with Crippen molar-refractivity contribution < 1.29 is 15.0 Å². The summed E-state index contributed by atoms with van der Waals surface area (Å²) in [5.74, 6) is -1.04. The Balaban J connectivity index is -0.000000118. The summed E-state index contributed by atoms with van der Waals surface area (Å²) in [6, 6.07) is 0. The zero-order valence-corrected chi connectivity index (χ0v) is 7.37. The Morgan fingerprint density at radius 3 is 1.67 bits per heavy atom. The van der Waals surface area contributed by atoms with E-state index in [-0.39, 0.29) is 5.96 Å². The van der Waals surface area contributed by atoms with Gasteiger partial charge in [0.25, 0.3) is 0 Å². The molecule has 0 atom stereocenters. The monoisotopic (exact) mass is 179 g/mol. The van der Waals surface area contributed by atoms with E-state index in [1.165, 1.54) is 0 Å². The predicted molar refractivity (Wildman–Crippen MR) is 46.8 cm³/mol. The summed E-state index contributed by atoms with van der Waals surface area (Å²) in [4.78, 5) is 9.60. The second-order valence-electron chi connectivity index (χ2n) is 1.60. The van der Waals surface area contributed by atoms with Crippen LogP contribution in [0.1, 0.15) is 19.8 Å². The number of carbonyl (C=O) groups is 1. The van der Waals surface area contributed by atoms with Crippen LogP contribution in [-0.2, 0) is 4.79 Å². The number of aliphatic hydroxyl groups excluding tert-OH is 1. The lowest BCUT2D eigenvalue weighted by Crippen LogP contribution is -2.20. The first-order valence-electron chi connectivity index (χ1n) is 3.26. The van der Waals surface area contributed by atoms with E-state index < -0.39 is 5.97 Å². The molecule has 0 aromatic heterocycles. The van der Waals surface area contributed by atoms with Crippen molar-refractivity contribution in [2.75, 3.05) is 7.11 Å². The lowest BCUT2D eigenvalue weighted by atomic mass is 10.4. The van der Waals surface area contributed by atoms with Crippen LogP contribution in [0.2, 0.25) is 0 Å². The van der Waals surface area contributed by atoms with Gasteiger partial charge in [-0.2, -0.15) is 0 Å². The molecule has 0 aliphatic heterocycles. The van der Waals surface area contributed by atoms with E-state index in [0.29, 0.717) is 6.42 Å². The van der Waals surface area contributed by atoms with Crippen LogP contribution in [0.4, 0.5) is 0 Å². The molecule has 0 radical (unpaired) electrons. The summed E-state index contributed by atoms with van der Waals surface area (Å²) in [5, 5.41) is 21.0. The molecule has 0 aromatic rings. The average Bonchev–Trinajstić information content (AvgIpc) is 1.90. The summed E-state index contributed by atoms with van der Waals surface area (Å²) in [7, 11) is 1.00. The van der Waals surface area contributed by atoms with Gasteiger partial charge in [-0.05, 0) is 6.42 Å². The van der Waals surface area contributed by atoms with Gasteiger partial charge in [-0.1, -0.05) is 6.92 Å². The Labute approximate surface area is 71.7 Å². The average molecular weight is 179 g/mol. The van der Waals surface area contributed by atoms with Gasteiger partial charge >= 0.3 is 5.97 Å². The number of carboxylic acid groups (broad SMARTS) is 1. The fourth-order valence-electron chi connectivity index (χ4n) is 0.214. The molecule has 12 heavy (non-hydrogen) atoms. The van der Waals surface area contributed by atoms with Crippen molar-refractivity contribution in [3.05, 3.63) is 0 Å². The standard InChI is InChI=1S/C4H8O2.CH5N3.CH4O/c1-2-3-4(5)6;2-1(3)4;1-2/h2-3H2,1H3,(H,5,6);(H5,2,3,4);2H,1H3. The molecule has 0 aliphatic rings. The highest BCUT2D eigenvalue weighted by atomic mass is 16.4. The summed E-state index contributed by atoms with van der Waals surface area (Å²) >= 11 is 0. The van der Waals surface area contributed by atoms with E-state index in [2.05, 4.69) is 11.5 Å². The largest absolute Gasteiger partial charge is 0.481 e. The number of nitrogens with one attached hydrogen (secondary N) is 1. The molecule has 0 heterocycles. The van der Waals surface area contributed by atoms with Gasteiger partial charge in [-0.3, -0.25) is 10.2 Å². The number of carboxylic acids is 1. The van der Waals surface area contributed by atoms with Crippen LogP contribution in [0.25, 0.3) is 0 Å². The third-order valence-corrected chi connectivity index (χ3v) is 0.464. The van der Waals surface area contributed by atoms with Gasteiger partial charge in [0.2, 0.25) is 0 Å². The van der Waals surface area contributed by atoms with Gasteiger partial charge in [0, 0.05) is 13.5 Å². The lowest BCUT2D eigenvalue weighted by Gasteiger charge is -1.79. The molecule has 0 rings (SSSR count). The van der Waals surface area contributed by atoms with Crippen LogP contribution in [0.5, 0.6) is 0 Å². The molecule has 0 bridgehead atoms. The Hall–Kier alpha value is -1.30. The quantitative estimate of drug-likeness (QED) is 0.283. The van der Waals surface area contributed by atoms with Crippen molar-refractivity contribution in [3.63, 3.8) is 0 Å². The molecule has 0 fully saturated rings. The third kappa shape index (κ3) is 178. The van der Waals surface area contributed by atoms with Crippen molar-refractivity contribution in [1.29, 1.82) is 5.41 Å². The Morgan fingerprint density at radius 2 is 1.67 bits per heavy atom. The molecule has 0 spiro atoms. The maximum Gasteiger partial charge on any atom is 0.303 e. The minimum absolute atomic E-state index is 0.292. The molecular weight excluding hydrogens is 162 g/mol. The van der Waals surface area contributed by atoms with Gasteiger partial charge in [-0.15, -0.1) is 0 Å². The molecular formula is C6H17N3O3. The van der Waals surface area contributed by atoms with E-state index >= 15 is 0 Å². The first kappa shape index (κ1) is 17.0. The normalized spacial score (nSPS) is 6.58. The summed E-state index contributed by atoms with van der Waals surface area (Å²) in [5.41, 5.74) is 8.94. The molecule has 74 valence electrons. The summed E-state index contributed by atoms with van der Waals surface area (Å²) < 4.78 is 0. The number of guanidine groups is 1. The molecule has 6 heteroatoms. The van der Waals surface area contributed by atoms with Crippen molar-refractivity contribution in [2.45, 2.75) is 19.8 Å². The van der Waals surface area contributed by atoms with Crippen LogP contribution in [0.3, 0.4) is 0 Å². The van der Waals surface area contributed by atoms with Crippen molar-refractivity contribution in [1.82, 2.24) is 0 Å². The number of hydrogen-bond acceptors (Lipinski definition) is 3. The number of hydrogen-bond donors (Lipinski definition) is 5. The number of aliphatic carboxylic acids is 1. The van der Waals surface area contributed by atoms with Crippen LogP contribution in [-0.4, -0.2) is 29.3 Å². The molecule has 0 aliphatic carbocycles. The molecule has 0 saturated heterocycles. The van der Waals surface area contributed by atoms with Crippen molar-refractivity contribution >= 4 is 11.9 Å². The second kappa shape index (κ2) is 16.4. The molecule has 6 nitrogen and oxygen atoms in total. The minimum atomic E-state index is -0.711. The second-order valence-corrected chi connectivity index (χ2v) is 1.60. The zero-order chi connectivity index (χ0) is 10.6. The molecule has 0 unspecified atom stereocenters. The van der Waals surface area contributed by atoms with Crippen molar-refractivity contribution in [2.24, 2.45) is 11.5 Å². The van der Waals surface area contributed by atoms with Crippen LogP contribution < -0.4 is 11.5 Å². The first-order chi connectivity index (χ1) is 5.50. The van der Waals surface area contributed by atoms with Gasteiger partial charge in [0.05, 0.1) is 0 Å². The third-order valence-electron chi connectivity index (χ3n) is 0.464. The van der Waals surface area contributed by atoms with E-state index in [1.54, 1.807) is 0 Å². The highest BCUT2D eigenvalue weighted by molar-refractivity contribution is 5.71. The Bertz CT molecular complexity index is 113. The number of nitrogens with two attached hydrogens (primary N) is 2. The van der Waals surface area contributed by atoms with Crippen LogP contribution in [0.15, 0.2) is 0 Å². The van der Waals surface area contributed by atoms with E-state index in [4.69, 9.17) is 15.6 Å². The highest BCUT2D eigenvalue weighted by Gasteiger charge is 1.87. The Morgan fingerprint density at radius 1 is 1.42 bits per heavy atom. The van der Waals surface area contributed by atoms with Gasteiger partial charge in [0.1, 0.15) is 0 Å². The fourth-order valence-corrected chi connectivity index (χ4v) is 0.214. The van der Waals surface area contributed by atoms with E-state index in [1.807, 2.05) is 6.92 Å². The lowest BCUT2D eigenvalue weighted by molar-refractivity contribution is -0.137. The molecule has 0 amide bonds. The maximum atomic E-state index is 9.60. The molecule has 0 aromatic carbocycles. The summed E-state index contributed by atoms with van der Waals surface area (Å²) in [6.45, 7) is 1.84. The number of rotatable bonds is 2. The maximum absolute atomic E-state index is 9.60. The highest BCUT2D eigenvalue weighted by Crippen LogP contribution is 1.82. The molecule has 0 saturated carbocycles. The first-order valence-corrected chi connectivity index (χ1v) is 3.26. The smallest absolute Gasteiger partial charge is 0.303 e. The minimum Gasteiger partial charge on any atom is -0.481 e. The SMILES string of the molecule is CCCC(=O)O.CO.N=C(N)N. The fraction of sp³-hybridized carbons (Fsp3) is 0.667. The van der Waals surface area contributed by atoms with E-state index in [9.17, 15) is 4.79 Å². The van der Waals surface area contributed by atoms with Gasteiger partial charge in [-0.25, -0.2) is 0 Å². The predicted octanol–water partition coefficient (Wildman–Crippen LogP) is -0.682. The van der Waals surface area contributed by atoms with E-state index in [0.717, 1.165) is 13.5 Å². The van der Waals surface area contributed by atoms with Gasteiger partial charge in [0.15, 0.2) is 5.96 Å². The van der Waals surface area contributed by atoms with Gasteiger partial charge < -0.3 is 21.7 Å². The zero-order valence-electron chi connectivity index (χ0n) is 7.37. The topological polar surface area (TPSA) is 133 Å². The number of aliphatic hydroxyl groups is 1. The van der Waals surface area contributed by atoms with Crippen LogP contribution >= 0.6 is 0 Å². The summed E-state index contributed by atoms with van der Waals surface area (Å²) in [6.07, 6.45) is 1.02. The van der Waals surface area contributed by atoms with Crippen molar-refractivity contribution in [3.8, 4) is 0 Å². The Kier molecular flexibility index (Phi) is 23.1. The molecule has 7 N–H and O–H groups in total.